The van der Waals surface area contributed by atoms with Crippen LogP contribution in [0.25, 0.3) is 11.5 Å². The number of hydrogen-bond donors (Lipinski definition) is 0. The van der Waals surface area contributed by atoms with E-state index >= 15 is 0 Å². The first kappa shape index (κ1) is 7.09. The van der Waals surface area contributed by atoms with Crippen molar-refractivity contribution in [1.29, 1.82) is 0 Å². The van der Waals surface area contributed by atoms with Crippen LogP contribution in [0.1, 0.15) is 6.92 Å². The summed E-state index contributed by atoms with van der Waals surface area (Å²) < 4.78 is 6.80. The van der Waals surface area contributed by atoms with Gasteiger partial charge < -0.3 is 4.52 Å². The third-order valence-electron chi connectivity index (χ3n) is 1.65. The van der Waals surface area contributed by atoms with Crippen molar-refractivity contribution in [1.82, 2.24) is 14.9 Å². The average Bonchev–Trinajstić information content (AvgIpc) is 2.75. The Kier molecular flexibility index (Phi) is 1.66. The third-order valence-corrected chi connectivity index (χ3v) is 1.65. The molecule has 0 aliphatic heterocycles. The molecule has 0 fully saturated rings. The van der Waals surface area contributed by atoms with Crippen molar-refractivity contribution in [2.75, 3.05) is 0 Å². The molecule has 0 bridgehead atoms. The number of nitrogens with zero attached hydrogens (tertiary/aromatic N) is 3. The van der Waals surface area contributed by atoms with E-state index < -0.39 is 0 Å². The van der Waals surface area contributed by atoms with Gasteiger partial charge >= 0.3 is 0 Å². The van der Waals surface area contributed by atoms with Gasteiger partial charge in [0.25, 0.3) is 0 Å². The highest BCUT2D eigenvalue weighted by molar-refractivity contribution is 5.49. The summed E-state index contributed by atoms with van der Waals surface area (Å²) in [6.07, 6.45) is 3.53. The van der Waals surface area contributed by atoms with Gasteiger partial charge in [-0.3, -0.25) is 4.68 Å². The maximum Gasteiger partial charge on any atom is 0.187 e. The molecular weight excluding hydrogens is 154 g/mol. The largest absolute Gasteiger partial charge is 0.355 e. The summed E-state index contributed by atoms with van der Waals surface area (Å²) in [5.41, 5.74) is 0.828. The molecule has 0 radical (unpaired) electrons. The van der Waals surface area contributed by atoms with Crippen LogP contribution in [0.5, 0.6) is 0 Å². The Bertz CT molecular complexity index is 350. The monoisotopic (exact) mass is 163 g/mol. The van der Waals surface area contributed by atoms with E-state index in [9.17, 15) is 0 Å². The summed E-state index contributed by atoms with van der Waals surface area (Å²) >= 11 is 0. The predicted molar refractivity (Wildman–Crippen MR) is 43.4 cm³/mol. The lowest BCUT2D eigenvalue weighted by atomic mass is 10.3. The molecule has 62 valence electrons. The van der Waals surface area contributed by atoms with E-state index in [4.69, 9.17) is 4.52 Å². The van der Waals surface area contributed by atoms with Crippen LogP contribution in [0.2, 0.25) is 0 Å². The van der Waals surface area contributed by atoms with Gasteiger partial charge in [-0.25, -0.2) is 0 Å². The lowest BCUT2D eigenvalue weighted by Crippen LogP contribution is -1.93. The van der Waals surface area contributed by atoms with E-state index in [0.29, 0.717) is 5.76 Å². The maximum atomic E-state index is 4.95. The molecule has 2 aromatic rings. The van der Waals surface area contributed by atoms with Crippen molar-refractivity contribution in [3.63, 3.8) is 0 Å². The van der Waals surface area contributed by atoms with Gasteiger partial charge in [-0.1, -0.05) is 5.16 Å². The van der Waals surface area contributed by atoms with E-state index in [1.165, 1.54) is 0 Å². The highest BCUT2D eigenvalue weighted by Crippen LogP contribution is 2.14. The molecule has 0 aliphatic carbocycles. The topological polar surface area (TPSA) is 43.9 Å². The first-order chi connectivity index (χ1) is 5.90. The summed E-state index contributed by atoms with van der Waals surface area (Å²) in [5, 5.41) is 7.86. The van der Waals surface area contributed by atoms with Crippen LogP contribution in [0.4, 0.5) is 0 Å². The van der Waals surface area contributed by atoms with Crippen LogP contribution in [0, 0.1) is 0 Å². The molecule has 2 heterocycles. The molecular formula is C8H9N3O. The molecule has 0 aromatic carbocycles. The zero-order chi connectivity index (χ0) is 8.39. The zero-order valence-electron chi connectivity index (χ0n) is 6.77. The molecule has 12 heavy (non-hydrogen) atoms. The first-order valence-corrected chi connectivity index (χ1v) is 3.84. The van der Waals surface area contributed by atoms with Crippen molar-refractivity contribution >= 4 is 0 Å². The van der Waals surface area contributed by atoms with Gasteiger partial charge in [-0.15, -0.1) is 0 Å². The molecule has 0 saturated heterocycles. The van der Waals surface area contributed by atoms with Crippen LogP contribution < -0.4 is 0 Å². The highest BCUT2D eigenvalue weighted by atomic mass is 16.5. The van der Waals surface area contributed by atoms with Crippen LogP contribution in [-0.2, 0) is 6.54 Å². The van der Waals surface area contributed by atoms with Crippen LogP contribution in [0.3, 0.4) is 0 Å². The Balaban J connectivity index is 2.35. The quantitative estimate of drug-likeness (QED) is 0.674. The predicted octanol–water partition coefficient (Wildman–Crippen LogP) is 1.56. The Morgan fingerprint density at radius 1 is 1.50 bits per heavy atom. The Hall–Kier alpha value is -1.58. The molecule has 0 amide bonds. The van der Waals surface area contributed by atoms with Crippen molar-refractivity contribution in [2.24, 2.45) is 0 Å². The third kappa shape index (κ3) is 1.11. The fourth-order valence-corrected chi connectivity index (χ4v) is 1.02. The van der Waals surface area contributed by atoms with Crippen LogP contribution in [-0.4, -0.2) is 14.9 Å². The van der Waals surface area contributed by atoms with Gasteiger partial charge in [-0.05, 0) is 13.0 Å². The number of hydrogen-bond acceptors (Lipinski definition) is 3. The number of aromatic nitrogens is 3. The van der Waals surface area contributed by atoms with Gasteiger partial charge in [0.2, 0.25) is 0 Å². The normalized spacial score (nSPS) is 10.4. The molecule has 2 rings (SSSR count). The molecule has 0 aliphatic rings. The zero-order valence-corrected chi connectivity index (χ0v) is 6.77. The fourth-order valence-electron chi connectivity index (χ4n) is 1.02. The van der Waals surface area contributed by atoms with E-state index in [-0.39, 0.29) is 0 Å². The molecule has 2 aromatic heterocycles. The second kappa shape index (κ2) is 2.81. The van der Waals surface area contributed by atoms with E-state index in [1.807, 2.05) is 23.9 Å². The Morgan fingerprint density at radius 2 is 2.42 bits per heavy atom. The van der Waals surface area contributed by atoms with Gasteiger partial charge in [0.15, 0.2) is 5.76 Å². The van der Waals surface area contributed by atoms with Crippen molar-refractivity contribution in [2.45, 2.75) is 13.5 Å². The van der Waals surface area contributed by atoms with Crippen molar-refractivity contribution in [3.05, 3.63) is 24.5 Å². The summed E-state index contributed by atoms with van der Waals surface area (Å²) in [6.45, 7) is 2.91. The van der Waals surface area contributed by atoms with Crippen LogP contribution in [0.15, 0.2) is 29.0 Å². The molecule has 0 atom stereocenters. The molecule has 0 saturated carbocycles. The van der Waals surface area contributed by atoms with Gasteiger partial charge in [0, 0.05) is 18.8 Å². The first-order valence-electron chi connectivity index (χ1n) is 3.84. The summed E-state index contributed by atoms with van der Waals surface area (Å²) in [5.74, 6) is 0.710. The molecule has 4 nitrogen and oxygen atoms in total. The second-order valence-electron chi connectivity index (χ2n) is 2.43. The number of aryl methyl sites for hydroxylation is 1. The SMILES string of the molecule is CCn1ccc(-c2ccno2)n1. The smallest absolute Gasteiger partial charge is 0.187 e. The van der Waals surface area contributed by atoms with E-state index in [2.05, 4.69) is 10.3 Å². The van der Waals surface area contributed by atoms with E-state index in [1.54, 1.807) is 12.3 Å². The number of rotatable bonds is 2. The van der Waals surface area contributed by atoms with Crippen molar-refractivity contribution < 1.29 is 4.52 Å². The van der Waals surface area contributed by atoms with Gasteiger partial charge in [0.1, 0.15) is 5.69 Å². The molecule has 0 N–H and O–H groups in total. The minimum atomic E-state index is 0.710. The molecule has 4 heteroatoms. The molecule has 0 spiro atoms. The van der Waals surface area contributed by atoms with Gasteiger partial charge in [-0.2, -0.15) is 5.10 Å². The van der Waals surface area contributed by atoms with E-state index in [0.717, 1.165) is 12.2 Å². The minimum Gasteiger partial charge on any atom is -0.355 e. The standard InChI is InChI=1S/C8H9N3O/c1-2-11-6-4-7(10-11)8-3-5-9-12-8/h3-6H,2H2,1H3. The fraction of sp³-hybridized carbons (Fsp3) is 0.250. The average molecular weight is 163 g/mol. The molecule has 0 unspecified atom stereocenters. The lowest BCUT2D eigenvalue weighted by molar-refractivity contribution is 0.430. The Labute approximate surface area is 69.8 Å². The summed E-state index contributed by atoms with van der Waals surface area (Å²) in [4.78, 5) is 0. The highest BCUT2D eigenvalue weighted by Gasteiger charge is 2.03. The Morgan fingerprint density at radius 3 is 3.00 bits per heavy atom. The van der Waals surface area contributed by atoms with Crippen molar-refractivity contribution in [3.8, 4) is 11.5 Å². The maximum absolute atomic E-state index is 4.95. The summed E-state index contributed by atoms with van der Waals surface area (Å²) in [7, 11) is 0. The lowest BCUT2D eigenvalue weighted by Gasteiger charge is -1.90. The second-order valence-corrected chi connectivity index (χ2v) is 2.43. The van der Waals surface area contributed by atoms with Crippen LogP contribution >= 0.6 is 0 Å². The minimum absolute atomic E-state index is 0.710. The van der Waals surface area contributed by atoms with Gasteiger partial charge in [0.05, 0.1) is 6.20 Å². The summed E-state index contributed by atoms with van der Waals surface area (Å²) in [6, 6.07) is 3.70.